The van der Waals surface area contributed by atoms with Crippen molar-refractivity contribution in [3.63, 3.8) is 0 Å². The maximum atomic E-state index is 3.82. The van der Waals surface area contributed by atoms with E-state index in [0.29, 0.717) is 0 Å². The van der Waals surface area contributed by atoms with Crippen molar-refractivity contribution in [3.8, 4) is 0 Å². The van der Waals surface area contributed by atoms with Gasteiger partial charge >= 0.3 is 0 Å². The zero-order chi connectivity index (χ0) is 4.12. The minimum Gasteiger partial charge on any atom is -0.152 e. The number of thiol groups is 1. The maximum Gasteiger partial charge on any atom is -0.0364 e. The van der Waals surface area contributed by atoms with Gasteiger partial charge < -0.3 is 0 Å². The molecule has 1 heteroatoms. The largest absolute Gasteiger partial charge is 0.152 e. The first kappa shape index (κ1) is 5.09. The molecule has 0 aliphatic heterocycles. The van der Waals surface area contributed by atoms with Crippen LogP contribution in [0.1, 0.15) is 13.3 Å². The summed E-state index contributed by atoms with van der Waals surface area (Å²) in [6.45, 7) is 2.08. The summed E-state index contributed by atoms with van der Waals surface area (Å²) in [5.41, 5.74) is 0. The highest BCUT2D eigenvalue weighted by Gasteiger charge is 1.52. The van der Waals surface area contributed by atoms with Crippen LogP contribution in [0.4, 0.5) is 0 Å². The third kappa shape index (κ3) is 4.09. The smallest absolute Gasteiger partial charge is 0.0364 e. The number of rotatable bonds is 1. The van der Waals surface area contributed by atoms with E-state index in [1.807, 2.05) is 6.08 Å². The summed E-state index contributed by atoms with van der Waals surface area (Å²) in [6, 6.07) is 0. The molecule has 0 rings (SSSR count). The van der Waals surface area contributed by atoms with Crippen molar-refractivity contribution in [2.45, 2.75) is 13.3 Å². The van der Waals surface area contributed by atoms with E-state index in [-0.39, 0.29) is 0 Å². The predicted molar refractivity (Wildman–Crippen MR) is 28.4 cm³/mol. The minimum absolute atomic E-state index is 1.09. The second kappa shape index (κ2) is 4.09. The Morgan fingerprint density at radius 1 is 1.80 bits per heavy atom. The Morgan fingerprint density at radius 2 is 2.40 bits per heavy atom. The Labute approximate surface area is 38.3 Å². The molecule has 0 aromatic heterocycles. The topological polar surface area (TPSA) is 0 Å². The Balaban J connectivity index is 2.62. The van der Waals surface area contributed by atoms with Gasteiger partial charge in [-0.25, -0.2) is 0 Å². The molecule has 0 fully saturated rings. The summed E-state index contributed by atoms with van der Waals surface area (Å²) < 4.78 is 0. The van der Waals surface area contributed by atoms with Crippen molar-refractivity contribution in [2.75, 3.05) is 0 Å². The van der Waals surface area contributed by atoms with Crippen LogP contribution < -0.4 is 0 Å². The number of allylic oxidation sites excluding steroid dienone is 1. The summed E-state index contributed by atoms with van der Waals surface area (Å²) in [7, 11) is 0. The van der Waals surface area contributed by atoms with Crippen molar-refractivity contribution >= 4 is 12.6 Å². The van der Waals surface area contributed by atoms with E-state index in [1.54, 1.807) is 5.41 Å². The molecule has 5 heavy (non-hydrogen) atoms. The molecule has 0 radical (unpaired) electrons. The average molecular weight is 88.2 g/mol. The van der Waals surface area contributed by atoms with Crippen molar-refractivity contribution in [1.29, 1.82) is 0 Å². The summed E-state index contributed by atoms with van der Waals surface area (Å²) >= 11 is 3.82. The van der Waals surface area contributed by atoms with Crippen LogP contribution in [0.2, 0.25) is 0 Å². The fraction of sp³-hybridized carbons (Fsp3) is 0.500. The predicted octanol–water partition coefficient (Wildman–Crippen LogP) is 1.84. The summed E-state index contributed by atoms with van der Waals surface area (Å²) in [6.07, 6.45) is 3.08. The van der Waals surface area contributed by atoms with E-state index >= 15 is 0 Å². The van der Waals surface area contributed by atoms with Gasteiger partial charge in [-0.2, -0.15) is 12.6 Å². The van der Waals surface area contributed by atoms with Crippen LogP contribution in [-0.4, -0.2) is 0 Å². The molecule has 0 unspecified atom stereocenters. The van der Waals surface area contributed by atoms with Crippen molar-refractivity contribution in [3.05, 3.63) is 11.5 Å². The zero-order valence-corrected chi connectivity index (χ0v) is 4.20. The molecule has 0 aliphatic rings. The highest BCUT2D eigenvalue weighted by Crippen LogP contribution is 1.79. The van der Waals surface area contributed by atoms with Gasteiger partial charge in [-0.1, -0.05) is 13.0 Å². The standard InChI is InChI=1S/C4H8S/c1-2-3-4-5/h3-5H,2H2,1H3/b4-3+. The first-order chi connectivity index (χ1) is 2.41. The summed E-state index contributed by atoms with van der Waals surface area (Å²) in [5.74, 6) is 0. The zero-order valence-electron chi connectivity index (χ0n) is 3.31. The lowest BCUT2D eigenvalue weighted by atomic mass is 10.5. The molecule has 30 valence electrons. The van der Waals surface area contributed by atoms with Crippen LogP contribution in [0.5, 0.6) is 0 Å². The van der Waals surface area contributed by atoms with E-state index in [1.165, 1.54) is 0 Å². The quantitative estimate of drug-likeness (QED) is 0.464. The van der Waals surface area contributed by atoms with Crippen molar-refractivity contribution in [2.24, 2.45) is 0 Å². The van der Waals surface area contributed by atoms with E-state index < -0.39 is 0 Å². The van der Waals surface area contributed by atoms with Gasteiger partial charge in [0.1, 0.15) is 0 Å². The first-order valence-electron chi connectivity index (χ1n) is 1.71. The highest BCUT2D eigenvalue weighted by molar-refractivity contribution is 7.83. The normalized spacial score (nSPS) is 10.0. The molecule has 0 saturated carbocycles. The Hall–Kier alpha value is 0.0900. The molecule has 0 saturated heterocycles. The number of hydrogen-bond donors (Lipinski definition) is 1. The van der Waals surface area contributed by atoms with Gasteiger partial charge in [0.25, 0.3) is 0 Å². The molecule has 0 N–H and O–H groups in total. The summed E-state index contributed by atoms with van der Waals surface area (Å²) in [5, 5.41) is 1.75. The second-order valence-electron chi connectivity index (χ2n) is 0.793. The van der Waals surface area contributed by atoms with E-state index in [4.69, 9.17) is 0 Å². The lowest BCUT2D eigenvalue weighted by Crippen LogP contribution is -1.41. The highest BCUT2D eigenvalue weighted by atomic mass is 32.1. The van der Waals surface area contributed by atoms with Gasteiger partial charge in [0.2, 0.25) is 0 Å². The monoisotopic (exact) mass is 88.0 g/mol. The van der Waals surface area contributed by atoms with Crippen molar-refractivity contribution < 1.29 is 0 Å². The van der Waals surface area contributed by atoms with Crippen LogP contribution >= 0.6 is 12.6 Å². The molecule has 0 aromatic rings. The Kier molecular flexibility index (Phi) is 4.16. The number of hydrogen-bond acceptors (Lipinski definition) is 1. The lowest BCUT2D eigenvalue weighted by molar-refractivity contribution is 1.23. The molecule has 0 bridgehead atoms. The van der Waals surface area contributed by atoms with Gasteiger partial charge in [-0.05, 0) is 11.8 Å². The summed E-state index contributed by atoms with van der Waals surface area (Å²) in [4.78, 5) is 0. The molecule has 0 spiro atoms. The van der Waals surface area contributed by atoms with Gasteiger partial charge in [-0.3, -0.25) is 0 Å². The first-order valence-corrected chi connectivity index (χ1v) is 2.22. The van der Waals surface area contributed by atoms with Gasteiger partial charge in [-0.15, -0.1) is 0 Å². The third-order valence-corrected chi connectivity index (χ3v) is 0.552. The fourth-order valence-electron chi connectivity index (χ4n) is 0.105. The third-order valence-electron chi connectivity index (χ3n) is 0.341. The molecule has 0 heterocycles. The van der Waals surface area contributed by atoms with Crippen LogP contribution in [-0.2, 0) is 0 Å². The van der Waals surface area contributed by atoms with Gasteiger partial charge in [0.15, 0.2) is 0 Å². The fourth-order valence-corrected chi connectivity index (χ4v) is 0.316. The van der Waals surface area contributed by atoms with E-state index in [0.717, 1.165) is 6.42 Å². The van der Waals surface area contributed by atoms with Crippen LogP contribution in [0.3, 0.4) is 0 Å². The van der Waals surface area contributed by atoms with E-state index in [9.17, 15) is 0 Å². The maximum absolute atomic E-state index is 3.82. The van der Waals surface area contributed by atoms with Crippen LogP contribution in [0.25, 0.3) is 0 Å². The lowest BCUT2D eigenvalue weighted by Gasteiger charge is -1.64. The van der Waals surface area contributed by atoms with Crippen LogP contribution in [0, 0.1) is 0 Å². The molecule has 0 aliphatic carbocycles. The second-order valence-corrected chi connectivity index (χ2v) is 1.09. The Bertz CT molecular complexity index is 30.6. The van der Waals surface area contributed by atoms with Crippen LogP contribution in [0.15, 0.2) is 11.5 Å². The van der Waals surface area contributed by atoms with E-state index in [2.05, 4.69) is 19.6 Å². The molecular formula is C4H8S. The minimum atomic E-state index is 1.09. The molecule has 0 atom stereocenters. The molecule has 0 amide bonds. The van der Waals surface area contributed by atoms with Gasteiger partial charge in [0, 0.05) is 0 Å². The molecule has 0 aromatic carbocycles. The van der Waals surface area contributed by atoms with Gasteiger partial charge in [0.05, 0.1) is 0 Å². The molecular weight excluding hydrogens is 80.1 g/mol. The van der Waals surface area contributed by atoms with Crippen molar-refractivity contribution in [1.82, 2.24) is 0 Å². The molecule has 0 nitrogen and oxygen atoms in total. The average Bonchev–Trinajstić information content (AvgIpc) is 1.41. The SMILES string of the molecule is CC/C=C/S. The Morgan fingerprint density at radius 3 is 2.40 bits per heavy atom.